The van der Waals surface area contributed by atoms with Crippen LogP contribution in [0.2, 0.25) is 0 Å². The van der Waals surface area contributed by atoms with Crippen LogP contribution in [0.25, 0.3) is 0 Å². The van der Waals surface area contributed by atoms with Gasteiger partial charge in [-0.2, -0.15) is 0 Å². The molecule has 0 heterocycles. The summed E-state index contributed by atoms with van der Waals surface area (Å²) in [7, 11) is 4.24. The van der Waals surface area contributed by atoms with Crippen LogP contribution in [-0.2, 0) is 0 Å². The number of hydrogen-bond donors (Lipinski definition) is 2. The fraction of sp³-hybridized carbons (Fsp3) is 0.647. The number of nitrogens with one attached hydrogen (secondary N) is 1. The number of nitrogens with two attached hydrogens (primary N) is 1. The molecule has 0 saturated carbocycles. The Morgan fingerprint density at radius 2 is 1.81 bits per heavy atom. The zero-order valence-corrected chi connectivity index (χ0v) is 14.1. The minimum absolute atomic E-state index is 0.0237. The molecule has 0 amide bonds. The van der Waals surface area contributed by atoms with E-state index in [1.165, 1.54) is 0 Å². The van der Waals surface area contributed by atoms with Gasteiger partial charge in [0.15, 0.2) is 0 Å². The van der Waals surface area contributed by atoms with Crippen molar-refractivity contribution in [2.45, 2.75) is 51.6 Å². The van der Waals surface area contributed by atoms with Gasteiger partial charge in [0.2, 0.25) is 0 Å². The Bertz CT molecular complexity index is 416. The molecule has 0 aliphatic rings. The maximum Gasteiger partial charge on any atom is 0.124 e. The highest BCUT2D eigenvalue weighted by Gasteiger charge is 2.39. The summed E-state index contributed by atoms with van der Waals surface area (Å²) in [5.74, 6) is 6.87. The van der Waals surface area contributed by atoms with Crippen LogP contribution in [0, 0.1) is 0 Å². The number of hydrogen-bond acceptors (Lipinski definition) is 4. The van der Waals surface area contributed by atoms with E-state index in [1.807, 2.05) is 18.2 Å². The van der Waals surface area contributed by atoms with Crippen LogP contribution in [0.5, 0.6) is 5.75 Å². The third kappa shape index (κ3) is 3.76. The summed E-state index contributed by atoms with van der Waals surface area (Å²) in [5, 5.41) is 0. The SMILES string of the molecule is CCCOc1ccccc1C(NN)C(CC)(CC)N(C)C. The molecule has 120 valence electrons. The number of likely N-dealkylation sites (N-methyl/N-ethyl adjacent to an activating group) is 1. The summed E-state index contributed by atoms with van der Waals surface area (Å²) in [5.41, 5.74) is 4.13. The second kappa shape index (κ2) is 8.37. The maximum atomic E-state index is 5.95. The third-order valence-corrected chi connectivity index (χ3v) is 4.51. The van der Waals surface area contributed by atoms with Crippen molar-refractivity contribution < 1.29 is 4.74 Å². The van der Waals surface area contributed by atoms with Crippen LogP contribution >= 0.6 is 0 Å². The zero-order chi connectivity index (χ0) is 15.9. The molecular formula is C17H31N3O. The first-order valence-corrected chi connectivity index (χ1v) is 7.92. The lowest BCUT2D eigenvalue weighted by atomic mass is 9.79. The average molecular weight is 293 g/mol. The second-order valence-electron chi connectivity index (χ2n) is 5.69. The molecule has 1 aromatic rings. The van der Waals surface area contributed by atoms with Gasteiger partial charge in [0.05, 0.1) is 12.6 Å². The molecule has 0 bridgehead atoms. The molecule has 0 aliphatic carbocycles. The molecule has 1 unspecified atom stereocenters. The summed E-state index contributed by atoms with van der Waals surface area (Å²) in [6, 6.07) is 8.22. The molecule has 0 radical (unpaired) electrons. The van der Waals surface area contributed by atoms with Crippen LogP contribution in [0.4, 0.5) is 0 Å². The van der Waals surface area contributed by atoms with Crippen molar-refractivity contribution in [3.05, 3.63) is 29.8 Å². The molecule has 0 spiro atoms. The predicted octanol–water partition coefficient (Wildman–Crippen LogP) is 3.10. The summed E-state index contributed by atoms with van der Waals surface area (Å²) < 4.78 is 5.92. The summed E-state index contributed by atoms with van der Waals surface area (Å²) >= 11 is 0. The number of hydrazine groups is 1. The van der Waals surface area contributed by atoms with Crippen LogP contribution in [0.15, 0.2) is 24.3 Å². The molecule has 4 nitrogen and oxygen atoms in total. The normalized spacial score (nSPS) is 13.5. The predicted molar refractivity (Wildman–Crippen MR) is 89.3 cm³/mol. The standard InChI is InChI=1S/C17H31N3O/c1-6-13-21-15-12-10-9-11-14(15)16(19-18)17(7-2,8-3)20(4)5/h9-12,16,19H,6-8,13,18H2,1-5H3. The average Bonchev–Trinajstić information content (AvgIpc) is 2.50. The monoisotopic (exact) mass is 293 g/mol. The van der Waals surface area contributed by atoms with E-state index in [-0.39, 0.29) is 11.6 Å². The number of ether oxygens (including phenoxy) is 1. The van der Waals surface area contributed by atoms with Gasteiger partial charge in [-0.1, -0.05) is 39.0 Å². The van der Waals surface area contributed by atoms with Gasteiger partial charge >= 0.3 is 0 Å². The maximum absolute atomic E-state index is 5.95. The largest absolute Gasteiger partial charge is 0.493 e. The minimum atomic E-state index is -0.0412. The van der Waals surface area contributed by atoms with E-state index >= 15 is 0 Å². The lowest BCUT2D eigenvalue weighted by Gasteiger charge is -2.45. The van der Waals surface area contributed by atoms with Gasteiger partial charge in [-0.15, -0.1) is 0 Å². The highest BCUT2D eigenvalue weighted by Crippen LogP contribution is 2.39. The van der Waals surface area contributed by atoms with E-state index < -0.39 is 0 Å². The molecule has 0 aromatic heterocycles. The molecule has 4 heteroatoms. The number of para-hydroxylation sites is 1. The van der Waals surface area contributed by atoms with Crippen LogP contribution in [0.1, 0.15) is 51.6 Å². The van der Waals surface area contributed by atoms with E-state index in [1.54, 1.807) is 0 Å². The molecule has 1 atom stereocenters. The Morgan fingerprint density at radius 1 is 1.19 bits per heavy atom. The van der Waals surface area contributed by atoms with Crippen molar-refractivity contribution in [1.29, 1.82) is 0 Å². The van der Waals surface area contributed by atoms with Gasteiger partial charge in [0, 0.05) is 11.1 Å². The molecule has 0 saturated heterocycles. The third-order valence-electron chi connectivity index (χ3n) is 4.51. The van der Waals surface area contributed by atoms with E-state index in [9.17, 15) is 0 Å². The Hall–Kier alpha value is -1.10. The van der Waals surface area contributed by atoms with E-state index in [0.29, 0.717) is 0 Å². The topological polar surface area (TPSA) is 50.5 Å². The zero-order valence-electron chi connectivity index (χ0n) is 14.1. The van der Waals surface area contributed by atoms with Gasteiger partial charge in [-0.3, -0.25) is 11.3 Å². The Labute approximate surface area is 129 Å². The van der Waals surface area contributed by atoms with Gasteiger partial charge in [0.25, 0.3) is 0 Å². The fourth-order valence-corrected chi connectivity index (χ4v) is 3.15. The highest BCUT2D eigenvalue weighted by atomic mass is 16.5. The first kappa shape index (κ1) is 18.0. The quantitative estimate of drug-likeness (QED) is 0.542. The van der Waals surface area contributed by atoms with E-state index in [2.05, 4.69) is 51.3 Å². The Morgan fingerprint density at radius 3 is 2.29 bits per heavy atom. The molecule has 1 aromatic carbocycles. The van der Waals surface area contributed by atoms with Crippen molar-refractivity contribution in [3.8, 4) is 5.75 Å². The smallest absolute Gasteiger partial charge is 0.124 e. The molecule has 3 N–H and O–H groups in total. The van der Waals surface area contributed by atoms with E-state index in [0.717, 1.165) is 37.2 Å². The van der Waals surface area contributed by atoms with E-state index in [4.69, 9.17) is 10.6 Å². The first-order valence-electron chi connectivity index (χ1n) is 7.92. The van der Waals surface area contributed by atoms with Gasteiger partial charge < -0.3 is 9.64 Å². The lowest BCUT2D eigenvalue weighted by molar-refractivity contribution is 0.0865. The van der Waals surface area contributed by atoms with Crippen molar-refractivity contribution >= 4 is 0 Å². The first-order chi connectivity index (χ1) is 10.1. The number of benzene rings is 1. The summed E-state index contributed by atoms with van der Waals surface area (Å²) in [6.07, 6.45) is 3.01. The van der Waals surface area contributed by atoms with Crippen molar-refractivity contribution in [2.24, 2.45) is 5.84 Å². The van der Waals surface area contributed by atoms with Crippen molar-refractivity contribution in [1.82, 2.24) is 10.3 Å². The lowest BCUT2D eigenvalue weighted by Crippen LogP contribution is -2.54. The molecule has 1 rings (SSSR count). The number of rotatable bonds is 9. The Balaban J connectivity index is 3.25. The summed E-state index contributed by atoms with van der Waals surface area (Å²) in [4.78, 5) is 2.27. The molecular weight excluding hydrogens is 262 g/mol. The van der Waals surface area contributed by atoms with Gasteiger partial charge in [0.1, 0.15) is 5.75 Å². The minimum Gasteiger partial charge on any atom is -0.493 e. The van der Waals surface area contributed by atoms with Crippen molar-refractivity contribution in [2.75, 3.05) is 20.7 Å². The second-order valence-corrected chi connectivity index (χ2v) is 5.69. The van der Waals surface area contributed by atoms with Gasteiger partial charge in [-0.25, -0.2) is 0 Å². The van der Waals surface area contributed by atoms with Crippen molar-refractivity contribution in [3.63, 3.8) is 0 Å². The van der Waals surface area contributed by atoms with Crippen LogP contribution in [0.3, 0.4) is 0 Å². The van der Waals surface area contributed by atoms with Crippen LogP contribution in [-0.4, -0.2) is 31.1 Å². The number of nitrogens with zero attached hydrogens (tertiary/aromatic N) is 1. The highest BCUT2D eigenvalue weighted by molar-refractivity contribution is 5.38. The van der Waals surface area contributed by atoms with Gasteiger partial charge in [-0.05, 0) is 39.4 Å². The summed E-state index contributed by atoms with van der Waals surface area (Å²) in [6.45, 7) is 7.26. The molecule has 0 aliphatic heterocycles. The Kier molecular flexibility index (Phi) is 7.15. The fourth-order valence-electron chi connectivity index (χ4n) is 3.15. The molecule has 0 fully saturated rings. The van der Waals surface area contributed by atoms with Crippen LogP contribution < -0.4 is 16.0 Å². The molecule has 21 heavy (non-hydrogen) atoms.